The van der Waals surface area contributed by atoms with E-state index < -0.39 is 0 Å². The first-order chi connectivity index (χ1) is 37.2. The standard InChI is InChI=1S/C70H48N6/c1-69(2)56-29-15-11-24-46(56)51-37-53-48-26-13-17-31-60(48)75(64(53)39-58(51)69)62-33-19-28-45(55(62)41-71)44-34-35-50(68-73-66(42-20-7-5-8-21-42)72-67(74-68)43-22-9-6-10-23-43)63(36-44)76-61-32-18-14-27-49(61)54-38-52-47-25-12-16-30-57(47)70(3,4)59(52)40-65(54)76/h5-40H,1-4H3. The lowest BCUT2D eigenvalue weighted by atomic mass is 9.82. The second-order valence-electron chi connectivity index (χ2n) is 21.5. The van der Waals surface area contributed by atoms with Gasteiger partial charge in [-0.1, -0.05) is 191 Å². The minimum atomic E-state index is -0.232. The van der Waals surface area contributed by atoms with E-state index in [9.17, 15) is 5.26 Å². The molecule has 0 aliphatic heterocycles. The fourth-order valence-corrected chi connectivity index (χ4v) is 12.9. The van der Waals surface area contributed by atoms with E-state index in [0.29, 0.717) is 23.0 Å². The third-order valence-electron chi connectivity index (χ3n) is 16.6. The molecule has 6 heteroatoms. The van der Waals surface area contributed by atoms with E-state index in [1.54, 1.807) is 0 Å². The van der Waals surface area contributed by atoms with Crippen LogP contribution in [0.5, 0.6) is 0 Å². The summed E-state index contributed by atoms with van der Waals surface area (Å²) >= 11 is 0. The Morgan fingerprint density at radius 3 is 1.33 bits per heavy atom. The molecule has 0 saturated carbocycles. The maximum Gasteiger partial charge on any atom is 0.166 e. The molecule has 0 N–H and O–H groups in total. The minimum absolute atomic E-state index is 0.200. The van der Waals surface area contributed by atoms with Crippen molar-refractivity contribution >= 4 is 43.6 Å². The van der Waals surface area contributed by atoms with Crippen LogP contribution in [-0.2, 0) is 10.8 Å². The molecule has 3 heterocycles. The van der Waals surface area contributed by atoms with Gasteiger partial charge in [0.1, 0.15) is 6.07 Å². The lowest BCUT2D eigenvalue weighted by molar-refractivity contribution is 0.661. The van der Waals surface area contributed by atoms with E-state index in [0.717, 1.165) is 82.8 Å². The van der Waals surface area contributed by atoms with Gasteiger partial charge in [0.05, 0.1) is 39.0 Å². The summed E-state index contributed by atoms with van der Waals surface area (Å²) in [6.45, 7) is 9.32. The molecule has 0 fully saturated rings. The van der Waals surface area contributed by atoms with Crippen molar-refractivity contribution in [3.63, 3.8) is 0 Å². The topological polar surface area (TPSA) is 72.3 Å². The van der Waals surface area contributed by atoms with Gasteiger partial charge in [0.15, 0.2) is 17.5 Å². The van der Waals surface area contributed by atoms with E-state index in [2.05, 4.69) is 201 Å². The molecule has 0 atom stereocenters. The minimum Gasteiger partial charge on any atom is -0.308 e. The number of hydrogen-bond acceptors (Lipinski definition) is 4. The largest absolute Gasteiger partial charge is 0.308 e. The fraction of sp³-hybridized carbons (Fsp3) is 0.0857. The first-order valence-corrected chi connectivity index (χ1v) is 26.1. The molecule has 0 unspecified atom stereocenters. The number of aromatic nitrogens is 5. The normalized spacial score (nSPS) is 13.7. The van der Waals surface area contributed by atoms with Crippen LogP contribution in [0.1, 0.15) is 55.5 Å². The van der Waals surface area contributed by atoms with E-state index in [1.165, 1.54) is 44.5 Å². The van der Waals surface area contributed by atoms with Gasteiger partial charge < -0.3 is 9.13 Å². The van der Waals surface area contributed by atoms with Gasteiger partial charge in [-0.25, -0.2) is 15.0 Å². The molecule has 2 aliphatic rings. The molecule has 0 spiro atoms. The molecule has 6 nitrogen and oxygen atoms in total. The highest BCUT2D eigenvalue weighted by molar-refractivity contribution is 6.13. The Bertz CT molecular complexity index is 4590. The Labute approximate surface area is 440 Å². The summed E-state index contributed by atoms with van der Waals surface area (Å²) in [4.78, 5) is 15.8. The number of para-hydroxylation sites is 2. The summed E-state index contributed by atoms with van der Waals surface area (Å²) < 4.78 is 4.72. The first-order valence-electron chi connectivity index (χ1n) is 26.1. The average Bonchev–Trinajstić information content (AvgIpc) is 4.30. The lowest BCUT2D eigenvalue weighted by Gasteiger charge is -2.22. The van der Waals surface area contributed by atoms with Gasteiger partial charge in [0.25, 0.3) is 0 Å². The van der Waals surface area contributed by atoms with Gasteiger partial charge in [-0.3, -0.25) is 0 Å². The van der Waals surface area contributed by atoms with Crippen LogP contribution in [0.15, 0.2) is 218 Å². The quantitative estimate of drug-likeness (QED) is 0.166. The van der Waals surface area contributed by atoms with Crippen LogP contribution in [-0.4, -0.2) is 24.1 Å². The van der Waals surface area contributed by atoms with Gasteiger partial charge in [0, 0.05) is 54.6 Å². The van der Waals surface area contributed by atoms with Crippen molar-refractivity contribution in [3.8, 4) is 85.0 Å². The molecule has 0 bridgehead atoms. The molecule has 0 radical (unpaired) electrons. The third kappa shape index (κ3) is 6.23. The van der Waals surface area contributed by atoms with Crippen LogP contribution in [0.3, 0.4) is 0 Å². The molecule has 0 amide bonds. The summed E-state index contributed by atoms with van der Waals surface area (Å²) in [7, 11) is 0. The SMILES string of the molecule is CC1(C)c2ccccc2-c2cc3c4ccccc4n(-c4cc(-c5cccc(-n6c7ccccc7c7cc8c(cc76)C(C)(C)c6ccccc6-8)c5C#N)ccc4-c4nc(-c5ccccc5)nc(-c5ccccc5)n4)c3cc21. The summed E-state index contributed by atoms with van der Waals surface area (Å²) in [6, 6.07) is 80.4. The highest BCUT2D eigenvalue weighted by Gasteiger charge is 2.38. The highest BCUT2D eigenvalue weighted by atomic mass is 15.1. The van der Waals surface area contributed by atoms with E-state index in [-0.39, 0.29) is 10.8 Å². The van der Waals surface area contributed by atoms with E-state index >= 15 is 0 Å². The fourth-order valence-electron chi connectivity index (χ4n) is 12.9. The molecule has 3 aromatic heterocycles. The van der Waals surface area contributed by atoms with Crippen LogP contribution in [0.25, 0.3) is 123 Å². The first kappa shape index (κ1) is 43.8. The Morgan fingerprint density at radius 1 is 0.329 bits per heavy atom. The Hall–Kier alpha value is -9.70. The summed E-state index contributed by atoms with van der Waals surface area (Å²) in [5.74, 6) is 1.72. The zero-order chi connectivity index (χ0) is 51.0. The maximum atomic E-state index is 11.6. The monoisotopic (exact) mass is 972 g/mol. The van der Waals surface area contributed by atoms with Gasteiger partial charge in [0.2, 0.25) is 0 Å². The Morgan fingerprint density at radius 2 is 0.789 bits per heavy atom. The number of fused-ring (bicyclic) bond motifs is 12. The number of nitriles is 1. The van der Waals surface area contributed by atoms with Gasteiger partial charge in [-0.15, -0.1) is 0 Å². The average molecular weight is 973 g/mol. The molecule has 358 valence electrons. The molecule has 76 heavy (non-hydrogen) atoms. The van der Waals surface area contributed by atoms with Crippen molar-refractivity contribution in [1.82, 2.24) is 24.1 Å². The summed E-state index contributed by atoms with van der Waals surface area (Å²) in [5.41, 5.74) is 20.8. The van der Waals surface area contributed by atoms with Crippen molar-refractivity contribution in [1.29, 1.82) is 5.26 Å². The molecule has 13 aromatic rings. The smallest absolute Gasteiger partial charge is 0.166 e. The van der Waals surface area contributed by atoms with Crippen LogP contribution < -0.4 is 0 Å². The second-order valence-corrected chi connectivity index (χ2v) is 21.5. The second kappa shape index (κ2) is 16.1. The predicted molar refractivity (Wildman–Crippen MR) is 310 cm³/mol. The molecule has 10 aromatic carbocycles. The van der Waals surface area contributed by atoms with E-state index in [4.69, 9.17) is 15.0 Å². The zero-order valence-electron chi connectivity index (χ0n) is 42.5. The van der Waals surface area contributed by atoms with Gasteiger partial charge in [-0.05, 0) is 105 Å². The van der Waals surface area contributed by atoms with Crippen LogP contribution in [0, 0.1) is 11.3 Å². The van der Waals surface area contributed by atoms with E-state index in [1.807, 2.05) is 60.7 Å². The van der Waals surface area contributed by atoms with Crippen LogP contribution >= 0.6 is 0 Å². The Kier molecular flexibility index (Phi) is 9.32. The molecular formula is C70H48N6. The summed E-state index contributed by atoms with van der Waals surface area (Å²) in [6.07, 6.45) is 0. The summed E-state index contributed by atoms with van der Waals surface area (Å²) in [5, 5.41) is 16.2. The van der Waals surface area contributed by atoms with Crippen molar-refractivity contribution in [3.05, 3.63) is 246 Å². The molecule has 15 rings (SSSR count). The molecular weight excluding hydrogens is 925 g/mol. The highest BCUT2D eigenvalue weighted by Crippen LogP contribution is 2.53. The van der Waals surface area contributed by atoms with Crippen molar-refractivity contribution in [2.24, 2.45) is 0 Å². The number of hydrogen-bond donors (Lipinski definition) is 0. The van der Waals surface area contributed by atoms with Crippen LogP contribution in [0.4, 0.5) is 0 Å². The number of rotatable bonds is 6. The Balaban J connectivity index is 1.00. The number of nitrogens with zero attached hydrogens (tertiary/aromatic N) is 6. The maximum absolute atomic E-state index is 11.6. The molecule has 0 saturated heterocycles. The van der Waals surface area contributed by atoms with Crippen molar-refractivity contribution in [2.75, 3.05) is 0 Å². The third-order valence-corrected chi connectivity index (χ3v) is 16.6. The lowest BCUT2D eigenvalue weighted by Crippen LogP contribution is -2.15. The zero-order valence-corrected chi connectivity index (χ0v) is 42.5. The van der Waals surface area contributed by atoms with Gasteiger partial charge >= 0.3 is 0 Å². The molecule has 2 aliphatic carbocycles. The van der Waals surface area contributed by atoms with Crippen molar-refractivity contribution < 1.29 is 0 Å². The number of benzene rings is 10. The van der Waals surface area contributed by atoms with Gasteiger partial charge in [-0.2, -0.15) is 5.26 Å². The van der Waals surface area contributed by atoms with Crippen LogP contribution in [0.2, 0.25) is 0 Å². The van der Waals surface area contributed by atoms with Crippen molar-refractivity contribution in [2.45, 2.75) is 38.5 Å². The predicted octanol–water partition coefficient (Wildman–Crippen LogP) is 17.2.